The summed E-state index contributed by atoms with van der Waals surface area (Å²) in [5.41, 5.74) is 0.301. The number of halogens is 1. The zero-order chi connectivity index (χ0) is 12.4. The summed E-state index contributed by atoms with van der Waals surface area (Å²) in [4.78, 5) is 9.68. The van der Waals surface area contributed by atoms with Crippen molar-refractivity contribution in [2.45, 2.75) is 0 Å². The molecule has 0 amide bonds. The first-order valence-corrected chi connectivity index (χ1v) is 5.75. The van der Waals surface area contributed by atoms with Crippen LogP contribution < -0.4 is 0 Å². The van der Waals surface area contributed by atoms with Crippen LogP contribution in [0.2, 0.25) is 5.02 Å². The molecule has 0 radical (unpaired) electrons. The van der Waals surface area contributed by atoms with Crippen LogP contribution in [0.3, 0.4) is 0 Å². The van der Waals surface area contributed by atoms with Crippen LogP contribution in [-0.2, 0) is 11.3 Å². The van der Waals surface area contributed by atoms with Gasteiger partial charge in [0.2, 0.25) is 0 Å². The molecule has 0 N–H and O–H groups in total. The highest BCUT2D eigenvalue weighted by molar-refractivity contribution is 7.66. The third kappa shape index (κ3) is 2.20. The van der Waals surface area contributed by atoms with Crippen LogP contribution in [0.25, 0.3) is 10.8 Å². The summed E-state index contributed by atoms with van der Waals surface area (Å²) >= 11 is 5.73. The van der Waals surface area contributed by atoms with Crippen LogP contribution in [0.15, 0.2) is 36.4 Å². The van der Waals surface area contributed by atoms with Crippen molar-refractivity contribution in [1.82, 2.24) is 0 Å². The molecule has 0 saturated heterocycles. The molecular weight excluding hydrogens is 262 g/mol. The lowest BCUT2D eigenvalue weighted by atomic mass is 10.0. The first-order valence-electron chi connectivity index (χ1n) is 4.63. The lowest BCUT2D eigenvalue weighted by Crippen LogP contribution is -2.13. The molecule has 0 bridgehead atoms. The molecule has 0 heterocycles. The van der Waals surface area contributed by atoms with Crippen LogP contribution in [0.4, 0.5) is 0 Å². The Kier molecular flexibility index (Phi) is 3.21. The Morgan fingerprint density at radius 3 is 2.71 bits per heavy atom. The molecule has 2 aromatic rings. The molecule has 0 atom stereocenters. The first kappa shape index (κ1) is 11.8. The van der Waals surface area contributed by atoms with Gasteiger partial charge in [-0.05, 0) is 29.0 Å². The van der Waals surface area contributed by atoms with E-state index in [0.717, 1.165) is 5.39 Å². The average molecular weight is 268 g/mol. The van der Waals surface area contributed by atoms with Crippen molar-refractivity contribution in [3.05, 3.63) is 57.1 Å². The molecule has 17 heavy (non-hydrogen) atoms. The summed E-state index contributed by atoms with van der Waals surface area (Å²) < 4.78 is 10.8. The Bertz CT molecular complexity index is 665. The summed E-state index contributed by atoms with van der Waals surface area (Å²) in [6.45, 7) is 0. The summed E-state index contributed by atoms with van der Waals surface area (Å²) in [6, 6.07) is 10.1. The molecule has 0 unspecified atom stereocenters. The lowest BCUT2D eigenvalue weighted by molar-refractivity contribution is -0.344. The maximum atomic E-state index is 10.8. The number of fused-ring (bicyclic) bond motifs is 1. The summed E-state index contributed by atoms with van der Waals surface area (Å²) in [5.74, 6) is 0. The van der Waals surface area contributed by atoms with Gasteiger partial charge in [-0.3, -0.25) is 10.1 Å². The Morgan fingerprint density at radius 2 is 2.06 bits per heavy atom. The Morgan fingerprint density at radius 1 is 1.29 bits per heavy atom. The second kappa shape index (κ2) is 4.65. The largest absolute Gasteiger partial charge is 0.368 e. The molecule has 0 fully saturated rings. The van der Waals surface area contributed by atoms with Gasteiger partial charge in [0.05, 0.1) is 10.5 Å². The highest BCUT2D eigenvalue weighted by atomic mass is 35.5. The number of benzene rings is 2. The number of hydrogen-bond acceptors (Lipinski definition) is 3. The quantitative estimate of drug-likeness (QED) is 0.453. The van der Waals surface area contributed by atoms with Crippen molar-refractivity contribution in [3.8, 4) is 0 Å². The SMILES string of the molecule is O=S=C(c1cccc2ccc(Cl)cc12)[N+](=O)[O-]. The van der Waals surface area contributed by atoms with Gasteiger partial charge in [-0.25, -0.2) is 4.21 Å². The number of rotatable bonds is 1. The van der Waals surface area contributed by atoms with E-state index in [1.54, 1.807) is 30.3 Å². The van der Waals surface area contributed by atoms with Crippen LogP contribution in [0, 0.1) is 10.1 Å². The Hall–Kier alpha value is -1.72. The topological polar surface area (TPSA) is 60.2 Å². The second-order valence-electron chi connectivity index (χ2n) is 3.32. The third-order valence-electron chi connectivity index (χ3n) is 2.32. The van der Waals surface area contributed by atoms with E-state index < -0.39 is 9.91 Å². The van der Waals surface area contributed by atoms with E-state index in [1.807, 2.05) is 6.07 Å². The normalized spacial score (nSPS) is 10.2. The maximum absolute atomic E-state index is 10.8. The van der Waals surface area contributed by atoms with Gasteiger partial charge in [0.15, 0.2) is 11.3 Å². The molecule has 0 saturated carbocycles. The van der Waals surface area contributed by atoms with Crippen molar-refractivity contribution in [3.63, 3.8) is 0 Å². The van der Waals surface area contributed by atoms with Crippen molar-refractivity contribution in [1.29, 1.82) is 0 Å². The fourth-order valence-corrected chi connectivity index (χ4v) is 2.11. The van der Waals surface area contributed by atoms with E-state index in [4.69, 9.17) is 11.6 Å². The number of nitrogens with zero attached hydrogens (tertiary/aromatic N) is 1. The minimum Gasteiger partial charge on any atom is -0.257 e. The zero-order valence-electron chi connectivity index (χ0n) is 8.42. The minimum absolute atomic E-state index is 0.124. The standard InChI is InChI=1S/C11H6ClNO3S/c12-8-5-4-7-2-1-3-9(10(7)6-8)11(17-16)13(14)15/h1-6H. The molecule has 4 nitrogen and oxygen atoms in total. The van der Waals surface area contributed by atoms with E-state index >= 15 is 0 Å². The fraction of sp³-hybridized carbons (Fsp3) is 0. The highest BCUT2D eigenvalue weighted by Gasteiger charge is 2.18. The van der Waals surface area contributed by atoms with Crippen LogP contribution in [0.1, 0.15) is 5.56 Å². The Labute approximate surface area is 105 Å². The predicted molar refractivity (Wildman–Crippen MR) is 68.2 cm³/mol. The molecule has 6 heteroatoms. The molecular formula is C11H6ClNO3S. The number of nitro groups is 1. The van der Waals surface area contributed by atoms with Crippen LogP contribution >= 0.6 is 11.6 Å². The summed E-state index contributed by atoms with van der Waals surface area (Å²) in [5, 5.41) is 12.7. The smallest absolute Gasteiger partial charge is 0.257 e. The van der Waals surface area contributed by atoms with Crippen molar-refractivity contribution in [2.75, 3.05) is 0 Å². The molecule has 86 valence electrons. The molecule has 0 aliphatic heterocycles. The summed E-state index contributed by atoms with van der Waals surface area (Å²) in [7, 11) is 0. The third-order valence-corrected chi connectivity index (χ3v) is 3.08. The van der Waals surface area contributed by atoms with E-state index in [9.17, 15) is 14.3 Å². The van der Waals surface area contributed by atoms with Crippen molar-refractivity contribution < 1.29 is 9.13 Å². The fourth-order valence-electron chi connectivity index (χ4n) is 1.61. The minimum atomic E-state index is -0.673. The predicted octanol–water partition coefficient (Wildman–Crippen LogP) is 2.46. The van der Waals surface area contributed by atoms with Gasteiger partial charge < -0.3 is 0 Å². The molecule has 2 aromatic carbocycles. The van der Waals surface area contributed by atoms with Gasteiger partial charge in [0.1, 0.15) is 0 Å². The maximum Gasteiger partial charge on any atom is 0.368 e. The molecule has 0 aliphatic carbocycles. The van der Waals surface area contributed by atoms with Gasteiger partial charge >= 0.3 is 4.99 Å². The monoisotopic (exact) mass is 267 g/mol. The van der Waals surface area contributed by atoms with Gasteiger partial charge in [0.25, 0.3) is 0 Å². The van der Waals surface area contributed by atoms with E-state index in [2.05, 4.69) is 0 Å². The van der Waals surface area contributed by atoms with Crippen LogP contribution in [0.5, 0.6) is 0 Å². The number of hydrogen-bond donors (Lipinski definition) is 0. The van der Waals surface area contributed by atoms with Crippen LogP contribution in [-0.4, -0.2) is 14.1 Å². The molecule has 0 aromatic heterocycles. The van der Waals surface area contributed by atoms with Crippen molar-refractivity contribution >= 4 is 38.6 Å². The van der Waals surface area contributed by atoms with E-state index in [0.29, 0.717) is 16.0 Å². The average Bonchev–Trinajstić information content (AvgIpc) is 2.30. The van der Waals surface area contributed by atoms with Gasteiger partial charge in [-0.1, -0.05) is 29.8 Å². The van der Waals surface area contributed by atoms with Gasteiger partial charge in [-0.15, -0.1) is 0 Å². The zero-order valence-corrected chi connectivity index (χ0v) is 9.99. The van der Waals surface area contributed by atoms with E-state index in [1.165, 1.54) is 0 Å². The highest BCUT2D eigenvalue weighted by Crippen LogP contribution is 2.23. The van der Waals surface area contributed by atoms with Gasteiger partial charge in [0, 0.05) is 5.02 Å². The molecule has 2 rings (SSSR count). The lowest BCUT2D eigenvalue weighted by Gasteiger charge is -2.02. The first-order chi connectivity index (χ1) is 8.13. The van der Waals surface area contributed by atoms with E-state index in [-0.39, 0.29) is 11.3 Å². The van der Waals surface area contributed by atoms with Gasteiger partial charge in [-0.2, -0.15) is 0 Å². The second-order valence-corrected chi connectivity index (χ2v) is 4.31. The molecule has 0 spiro atoms. The summed E-state index contributed by atoms with van der Waals surface area (Å²) in [6.07, 6.45) is 0. The molecule has 0 aliphatic rings. The van der Waals surface area contributed by atoms with Crippen molar-refractivity contribution in [2.24, 2.45) is 0 Å². The Balaban J connectivity index is 2.82.